The third kappa shape index (κ3) is 3.95. The van der Waals surface area contributed by atoms with E-state index in [1.54, 1.807) is 36.4 Å². The van der Waals surface area contributed by atoms with E-state index in [-0.39, 0.29) is 20.5 Å². The Morgan fingerprint density at radius 2 is 0.920 bits per heavy atom. The molecule has 0 aliphatic rings. The third-order valence-electron chi connectivity index (χ3n) is 3.45. The molecule has 0 unspecified atom stereocenters. The molecule has 0 N–H and O–H groups in total. The molecule has 0 saturated carbocycles. The van der Waals surface area contributed by atoms with Gasteiger partial charge in [-0.2, -0.15) is 0 Å². The predicted molar refractivity (Wildman–Crippen MR) is 93.5 cm³/mol. The van der Waals surface area contributed by atoms with Crippen LogP contribution in [-0.4, -0.2) is 52.8 Å². The average molecular weight is 409 g/mol. The van der Waals surface area contributed by atoms with Gasteiger partial charge in [-0.1, -0.05) is 0 Å². The summed E-state index contributed by atoms with van der Waals surface area (Å²) in [6, 6.07) is 10.0. The summed E-state index contributed by atoms with van der Waals surface area (Å²) in [6.45, 7) is 0. The molecule has 0 aliphatic heterocycles. The van der Waals surface area contributed by atoms with Gasteiger partial charge in [-0.05, 0) is 0 Å². The molecular weight excluding hydrogens is 391 g/mol. The molecular formula is C18H18O6Se. The molecule has 0 aliphatic carbocycles. The second-order valence-corrected chi connectivity index (χ2v) is 6.74. The average Bonchev–Trinajstić information content (AvgIpc) is 2.65. The van der Waals surface area contributed by atoms with E-state index in [9.17, 15) is 9.59 Å². The minimum absolute atomic E-state index is 0.259. The van der Waals surface area contributed by atoms with Crippen molar-refractivity contribution in [1.29, 1.82) is 0 Å². The van der Waals surface area contributed by atoms with E-state index in [4.69, 9.17) is 18.9 Å². The van der Waals surface area contributed by atoms with Crippen molar-refractivity contribution >= 4 is 24.3 Å². The van der Waals surface area contributed by atoms with Gasteiger partial charge in [0.15, 0.2) is 0 Å². The van der Waals surface area contributed by atoms with Crippen molar-refractivity contribution in [3.63, 3.8) is 0 Å². The first-order chi connectivity index (χ1) is 12.1. The van der Waals surface area contributed by atoms with E-state index in [2.05, 4.69) is 0 Å². The number of ether oxygens (including phenoxy) is 4. The number of methoxy groups -OCH3 is 4. The number of carbonyl (C=O) groups is 2. The molecule has 0 saturated heterocycles. The second kappa shape index (κ2) is 8.55. The van der Waals surface area contributed by atoms with Crippen LogP contribution in [0.4, 0.5) is 0 Å². The normalized spacial score (nSPS) is 10.1. The van der Waals surface area contributed by atoms with Gasteiger partial charge in [-0.3, -0.25) is 0 Å². The Morgan fingerprint density at radius 1 is 0.640 bits per heavy atom. The number of carbonyl (C=O) groups excluding carboxylic acids is 2. The molecule has 0 bridgehead atoms. The molecule has 6 nitrogen and oxygen atoms in total. The van der Waals surface area contributed by atoms with Gasteiger partial charge in [0.25, 0.3) is 0 Å². The summed E-state index contributed by atoms with van der Waals surface area (Å²) < 4.78 is 20.2. The van der Waals surface area contributed by atoms with Crippen molar-refractivity contribution in [2.45, 2.75) is 0 Å². The van der Waals surface area contributed by atoms with Crippen LogP contribution >= 0.6 is 0 Å². The van der Waals surface area contributed by atoms with Gasteiger partial charge < -0.3 is 0 Å². The molecule has 0 heterocycles. The molecule has 25 heavy (non-hydrogen) atoms. The van der Waals surface area contributed by atoms with E-state index in [1.807, 2.05) is 0 Å². The number of hydrogen-bond donors (Lipinski definition) is 0. The quantitative estimate of drug-likeness (QED) is 0.624. The molecule has 132 valence electrons. The summed E-state index contributed by atoms with van der Waals surface area (Å²) in [6.07, 6.45) is 0. The van der Waals surface area contributed by atoms with E-state index in [0.717, 1.165) is 0 Å². The molecule has 2 aromatic carbocycles. The first kappa shape index (κ1) is 18.8. The Hall–Kier alpha value is -2.50. The number of rotatable bonds is 8. The van der Waals surface area contributed by atoms with Crippen LogP contribution in [0.3, 0.4) is 0 Å². The van der Waals surface area contributed by atoms with Crippen molar-refractivity contribution in [3.8, 4) is 23.0 Å². The standard InChI is InChI=1S/C18H18O6Se/c1-21-11-7-5-8-12(22-2)15(11)17(19)25-18(20)16-13(23-3)9-6-10-14(16)24-4/h5-10H,1-4H3. The Balaban J connectivity index is 2.39. The second-order valence-electron chi connectivity index (χ2n) is 4.75. The van der Waals surface area contributed by atoms with Crippen molar-refractivity contribution in [3.05, 3.63) is 47.5 Å². The molecule has 7 heteroatoms. The number of benzene rings is 2. The maximum atomic E-state index is 12.8. The first-order valence-corrected chi connectivity index (χ1v) is 8.97. The van der Waals surface area contributed by atoms with Gasteiger partial charge in [-0.25, -0.2) is 0 Å². The molecule has 0 amide bonds. The van der Waals surface area contributed by atoms with E-state index >= 15 is 0 Å². The zero-order valence-electron chi connectivity index (χ0n) is 14.3. The van der Waals surface area contributed by atoms with Crippen molar-refractivity contribution in [1.82, 2.24) is 0 Å². The van der Waals surface area contributed by atoms with Gasteiger partial charge in [-0.15, -0.1) is 0 Å². The van der Waals surface area contributed by atoms with Crippen LogP contribution in [0.1, 0.15) is 20.7 Å². The third-order valence-corrected chi connectivity index (χ3v) is 5.08. The van der Waals surface area contributed by atoms with Crippen molar-refractivity contribution in [2.75, 3.05) is 28.4 Å². The van der Waals surface area contributed by atoms with Crippen LogP contribution in [0.25, 0.3) is 0 Å². The summed E-state index contributed by atoms with van der Waals surface area (Å²) in [7, 11) is 5.85. The van der Waals surface area contributed by atoms with Gasteiger partial charge in [0.1, 0.15) is 0 Å². The molecule has 0 radical (unpaired) electrons. The van der Waals surface area contributed by atoms with E-state index in [1.165, 1.54) is 28.4 Å². The minimum atomic E-state index is -1.04. The van der Waals surface area contributed by atoms with Crippen LogP contribution in [0.15, 0.2) is 36.4 Å². The molecule has 2 rings (SSSR count). The topological polar surface area (TPSA) is 71.1 Å². The monoisotopic (exact) mass is 410 g/mol. The summed E-state index contributed by atoms with van der Waals surface area (Å²) in [4.78, 5) is 25.5. The van der Waals surface area contributed by atoms with E-state index < -0.39 is 15.0 Å². The zero-order chi connectivity index (χ0) is 18.4. The Kier molecular flexibility index (Phi) is 6.44. The van der Waals surface area contributed by atoms with Crippen LogP contribution in [0, 0.1) is 0 Å². The number of hydrogen-bond acceptors (Lipinski definition) is 6. The molecule has 0 atom stereocenters. The first-order valence-electron chi connectivity index (χ1n) is 7.25. The van der Waals surface area contributed by atoms with Gasteiger partial charge >= 0.3 is 152 Å². The van der Waals surface area contributed by atoms with Gasteiger partial charge in [0, 0.05) is 0 Å². The fraction of sp³-hybridized carbons (Fsp3) is 0.222. The molecule has 0 fully saturated rings. The van der Waals surface area contributed by atoms with Gasteiger partial charge in [0.05, 0.1) is 0 Å². The summed E-state index contributed by atoms with van der Waals surface area (Å²) in [5.74, 6) is 1.47. The van der Waals surface area contributed by atoms with Crippen molar-refractivity contribution < 1.29 is 28.5 Å². The Bertz CT molecular complexity index is 677. The van der Waals surface area contributed by atoms with Gasteiger partial charge in [0.2, 0.25) is 0 Å². The van der Waals surface area contributed by atoms with Crippen LogP contribution < -0.4 is 18.9 Å². The SMILES string of the molecule is COc1cccc(OC)c1C(=O)[Se]C(=O)c1c(OC)cccc1OC. The van der Waals surface area contributed by atoms with Crippen LogP contribution in [-0.2, 0) is 0 Å². The Labute approximate surface area is 152 Å². The fourth-order valence-corrected chi connectivity index (χ4v) is 3.92. The molecule has 0 aromatic heterocycles. The van der Waals surface area contributed by atoms with Crippen LogP contribution in [0.5, 0.6) is 23.0 Å². The summed E-state index contributed by atoms with van der Waals surface area (Å²) in [5.41, 5.74) is 0.518. The summed E-state index contributed by atoms with van der Waals surface area (Å²) in [5, 5.41) is 0. The summed E-state index contributed by atoms with van der Waals surface area (Å²) >= 11 is -1.04. The molecule has 0 spiro atoms. The molecule has 2 aromatic rings. The zero-order valence-corrected chi connectivity index (χ0v) is 16.0. The van der Waals surface area contributed by atoms with Crippen LogP contribution in [0.2, 0.25) is 0 Å². The fourth-order valence-electron chi connectivity index (χ4n) is 2.29. The maximum absolute atomic E-state index is 12.8. The Morgan fingerprint density at radius 3 is 1.16 bits per heavy atom. The van der Waals surface area contributed by atoms with E-state index in [0.29, 0.717) is 23.0 Å². The predicted octanol–water partition coefficient (Wildman–Crippen LogP) is 2.41. The van der Waals surface area contributed by atoms with Crippen molar-refractivity contribution in [2.24, 2.45) is 0 Å².